The van der Waals surface area contributed by atoms with Crippen molar-refractivity contribution in [3.63, 3.8) is 0 Å². The predicted octanol–water partition coefficient (Wildman–Crippen LogP) is 0.630. The Morgan fingerprint density at radius 2 is 2.17 bits per heavy atom. The summed E-state index contributed by atoms with van der Waals surface area (Å²) >= 11 is 0. The minimum atomic E-state index is -0.0835. The molecule has 3 heteroatoms. The topological polar surface area (TPSA) is 32.3 Å². The smallest absolute Gasteiger partial charge is 0.243 e. The minimum absolute atomic E-state index is 0.0835. The van der Waals surface area contributed by atoms with E-state index in [4.69, 9.17) is 0 Å². The zero-order chi connectivity index (χ0) is 9.40. The average Bonchev–Trinajstić information content (AvgIpc) is 2.03. The molecule has 0 bridgehead atoms. The van der Waals surface area contributed by atoms with Crippen LogP contribution in [0.1, 0.15) is 12.8 Å². The molecule has 12 heavy (non-hydrogen) atoms. The van der Waals surface area contributed by atoms with E-state index in [2.05, 4.69) is 16.8 Å². The van der Waals surface area contributed by atoms with Crippen LogP contribution >= 0.6 is 0 Å². The molecule has 0 spiro atoms. The van der Waals surface area contributed by atoms with Gasteiger partial charge in [-0.05, 0) is 39.6 Å². The van der Waals surface area contributed by atoms with Crippen LogP contribution < -0.4 is 5.32 Å². The van der Waals surface area contributed by atoms with Gasteiger partial charge in [-0.1, -0.05) is 6.58 Å². The Labute approximate surface area is 74.4 Å². The highest BCUT2D eigenvalue weighted by molar-refractivity contribution is 5.86. The molecule has 0 rings (SSSR count). The fraction of sp³-hybridized carbons (Fsp3) is 0.667. The van der Waals surface area contributed by atoms with Gasteiger partial charge in [-0.15, -0.1) is 0 Å². The Hall–Kier alpha value is -0.830. The van der Waals surface area contributed by atoms with E-state index in [0.717, 1.165) is 25.9 Å². The van der Waals surface area contributed by atoms with Crippen LogP contribution in [0.2, 0.25) is 0 Å². The molecule has 0 atom stereocenters. The molecule has 0 fully saturated rings. The van der Waals surface area contributed by atoms with Crippen molar-refractivity contribution >= 4 is 5.91 Å². The summed E-state index contributed by atoms with van der Waals surface area (Å²) in [5, 5.41) is 2.73. The second kappa shape index (κ2) is 6.85. The number of hydrogen-bond donors (Lipinski definition) is 1. The molecule has 0 saturated carbocycles. The quantitative estimate of drug-likeness (QED) is 0.468. The zero-order valence-corrected chi connectivity index (χ0v) is 7.97. The molecule has 0 aromatic carbocycles. The Bertz CT molecular complexity index is 143. The van der Waals surface area contributed by atoms with E-state index in [-0.39, 0.29) is 5.91 Å². The molecule has 0 radical (unpaired) electrons. The van der Waals surface area contributed by atoms with Crippen LogP contribution in [-0.2, 0) is 4.79 Å². The van der Waals surface area contributed by atoms with Gasteiger partial charge in [0.25, 0.3) is 0 Å². The Morgan fingerprint density at radius 1 is 1.50 bits per heavy atom. The largest absolute Gasteiger partial charge is 0.353 e. The maximum absolute atomic E-state index is 10.7. The van der Waals surface area contributed by atoms with Crippen LogP contribution in [0.5, 0.6) is 0 Å². The molecule has 0 aliphatic rings. The van der Waals surface area contributed by atoms with Gasteiger partial charge in [0, 0.05) is 6.54 Å². The molecule has 0 aromatic heterocycles. The molecular weight excluding hydrogens is 152 g/mol. The molecule has 3 nitrogen and oxygen atoms in total. The van der Waals surface area contributed by atoms with Crippen molar-refractivity contribution in [3.05, 3.63) is 12.7 Å². The first-order valence-electron chi connectivity index (χ1n) is 4.22. The number of amides is 1. The van der Waals surface area contributed by atoms with Crippen molar-refractivity contribution in [1.29, 1.82) is 0 Å². The maximum atomic E-state index is 10.7. The molecule has 0 aromatic rings. The van der Waals surface area contributed by atoms with Crippen LogP contribution in [0.25, 0.3) is 0 Å². The molecule has 1 amide bonds. The summed E-state index contributed by atoms with van der Waals surface area (Å²) in [6, 6.07) is 0. The third-order valence-electron chi connectivity index (χ3n) is 1.52. The first-order valence-corrected chi connectivity index (χ1v) is 4.22. The normalized spacial score (nSPS) is 9.92. The predicted molar refractivity (Wildman–Crippen MR) is 51.0 cm³/mol. The number of nitrogens with zero attached hydrogens (tertiary/aromatic N) is 1. The third-order valence-corrected chi connectivity index (χ3v) is 1.52. The van der Waals surface area contributed by atoms with Gasteiger partial charge in [-0.3, -0.25) is 4.79 Å². The van der Waals surface area contributed by atoms with Gasteiger partial charge >= 0.3 is 0 Å². The van der Waals surface area contributed by atoms with Gasteiger partial charge in [-0.2, -0.15) is 0 Å². The second-order valence-electron chi connectivity index (χ2n) is 3.01. The molecule has 0 saturated heterocycles. The summed E-state index contributed by atoms with van der Waals surface area (Å²) in [7, 11) is 4.09. The third kappa shape index (κ3) is 7.28. The van der Waals surface area contributed by atoms with E-state index < -0.39 is 0 Å². The van der Waals surface area contributed by atoms with Gasteiger partial charge in [0.05, 0.1) is 0 Å². The number of rotatable bonds is 6. The van der Waals surface area contributed by atoms with E-state index in [9.17, 15) is 4.79 Å². The van der Waals surface area contributed by atoms with E-state index in [1.165, 1.54) is 6.08 Å². The Balaban J connectivity index is 3.11. The minimum Gasteiger partial charge on any atom is -0.353 e. The number of unbranched alkanes of at least 4 members (excludes halogenated alkanes) is 1. The van der Waals surface area contributed by atoms with Crippen molar-refractivity contribution in [1.82, 2.24) is 10.2 Å². The monoisotopic (exact) mass is 170 g/mol. The van der Waals surface area contributed by atoms with Crippen LogP contribution in [0.3, 0.4) is 0 Å². The second-order valence-corrected chi connectivity index (χ2v) is 3.01. The van der Waals surface area contributed by atoms with Crippen LogP contribution in [0.4, 0.5) is 0 Å². The van der Waals surface area contributed by atoms with Crippen molar-refractivity contribution in [2.24, 2.45) is 0 Å². The molecule has 0 aliphatic carbocycles. The maximum Gasteiger partial charge on any atom is 0.243 e. The lowest BCUT2D eigenvalue weighted by atomic mass is 10.3. The molecule has 0 aliphatic heterocycles. The molecule has 1 N–H and O–H groups in total. The fourth-order valence-electron chi connectivity index (χ4n) is 0.837. The van der Waals surface area contributed by atoms with E-state index in [1.807, 2.05) is 14.1 Å². The van der Waals surface area contributed by atoms with Gasteiger partial charge in [-0.25, -0.2) is 0 Å². The lowest BCUT2D eigenvalue weighted by Gasteiger charge is -2.08. The lowest BCUT2D eigenvalue weighted by Crippen LogP contribution is -2.23. The molecule has 0 heterocycles. The highest BCUT2D eigenvalue weighted by Gasteiger charge is 1.93. The fourth-order valence-corrected chi connectivity index (χ4v) is 0.837. The summed E-state index contributed by atoms with van der Waals surface area (Å²) in [5.41, 5.74) is 0. The van der Waals surface area contributed by atoms with Gasteiger partial charge in [0.1, 0.15) is 0 Å². The lowest BCUT2D eigenvalue weighted by molar-refractivity contribution is -0.116. The van der Waals surface area contributed by atoms with Crippen LogP contribution in [0, 0.1) is 0 Å². The number of carbonyl (C=O) groups excluding carboxylic acids is 1. The van der Waals surface area contributed by atoms with Crippen LogP contribution in [-0.4, -0.2) is 38.0 Å². The SMILES string of the molecule is C=CC(=O)NCCCCN(C)C. The summed E-state index contributed by atoms with van der Waals surface area (Å²) in [5.74, 6) is -0.0835. The standard InChI is InChI=1S/C9H18N2O/c1-4-9(12)10-7-5-6-8-11(2)3/h4H,1,5-8H2,2-3H3,(H,10,12). The Kier molecular flexibility index (Phi) is 6.38. The first-order chi connectivity index (χ1) is 5.66. The first kappa shape index (κ1) is 11.2. The Morgan fingerprint density at radius 3 is 2.67 bits per heavy atom. The van der Waals surface area contributed by atoms with Crippen molar-refractivity contribution < 1.29 is 4.79 Å². The highest BCUT2D eigenvalue weighted by atomic mass is 16.1. The number of hydrogen-bond acceptors (Lipinski definition) is 2. The summed E-state index contributed by atoms with van der Waals surface area (Å²) in [6.07, 6.45) is 3.44. The van der Waals surface area contributed by atoms with Gasteiger partial charge in [0.15, 0.2) is 0 Å². The highest BCUT2D eigenvalue weighted by Crippen LogP contribution is 1.88. The van der Waals surface area contributed by atoms with Crippen molar-refractivity contribution in [2.75, 3.05) is 27.2 Å². The number of carbonyl (C=O) groups is 1. The zero-order valence-electron chi connectivity index (χ0n) is 7.97. The molecule has 70 valence electrons. The summed E-state index contributed by atoms with van der Waals surface area (Å²) < 4.78 is 0. The summed E-state index contributed by atoms with van der Waals surface area (Å²) in [6.45, 7) is 5.19. The van der Waals surface area contributed by atoms with Crippen molar-refractivity contribution in [3.8, 4) is 0 Å². The summed E-state index contributed by atoms with van der Waals surface area (Å²) in [4.78, 5) is 12.8. The molecule has 0 unspecified atom stereocenters. The van der Waals surface area contributed by atoms with E-state index in [1.54, 1.807) is 0 Å². The van der Waals surface area contributed by atoms with Crippen molar-refractivity contribution in [2.45, 2.75) is 12.8 Å². The average molecular weight is 170 g/mol. The van der Waals surface area contributed by atoms with Crippen LogP contribution in [0.15, 0.2) is 12.7 Å². The number of nitrogens with one attached hydrogen (secondary N) is 1. The van der Waals surface area contributed by atoms with Gasteiger partial charge in [0.2, 0.25) is 5.91 Å². The van der Waals surface area contributed by atoms with E-state index in [0.29, 0.717) is 0 Å². The molecular formula is C9H18N2O. The van der Waals surface area contributed by atoms with E-state index >= 15 is 0 Å². The van der Waals surface area contributed by atoms with Gasteiger partial charge < -0.3 is 10.2 Å².